The van der Waals surface area contributed by atoms with Gasteiger partial charge in [-0.2, -0.15) is 0 Å². The van der Waals surface area contributed by atoms with Gasteiger partial charge in [-0.05, 0) is 48.7 Å². The smallest absolute Gasteiger partial charge is 0.247 e. The second-order valence-electron chi connectivity index (χ2n) is 6.77. The molecule has 3 aromatic rings. The lowest BCUT2D eigenvalue weighted by molar-refractivity contribution is -0.126. The Hall–Kier alpha value is -3.28. The number of fused-ring (bicyclic) bond motifs is 2. The van der Waals surface area contributed by atoms with Gasteiger partial charge in [0.05, 0.1) is 17.1 Å². The van der Waals surface area contributed by atoms with Crippen LogP contribution in [0.25, 0.3) is 17.1 Å². The number of likely N-dealkylation sites (tertiary alicyclic amines) is 1. The Balaban J connectivity index is 1.35. The number of ether oxygens (including phenoxy) is 2. The molecule has 6 nitrogen and oxygen atoms in total. The van der Waals surface area contributed by atoms with Gasteiger partial charge in [0.25, 0.3) is 0 Å². The van der Waals surface area contributed by atoms with Crippen molar-refractivity contribution in [3.63, 3.8) is 0 Å². The Morgan fingerprint density at radius 3 is 3.00 bits per heavy atom. The number of hydrogen-bond acceptors (Lipinski definition) is 4. The number of nitrogens with one attached hydrogen (secondary N) is 1. The zero-order valence-electron chi connectivity index (χ0n) is 14.7. The van der Waals surface area contributed by atoms with Crippen LogP contribution in [0.2, 0.25) is 0 Å². The molecule has 1 fully saturated rings. The Bertz CT molecular complexity index is 1010. The van der Waals surface area contributed by atoms with E-state index in [9.17, 15) is 4.79 Å². The van der Waals surface area contributed by atoms with E-state index in [0.29, 0.717) is 5.75 Å². The summed E-state index contributed by atoms with van der Waals surface area (Å²) in [6.45, 7) is 0.987. The van der Waals surface area contributed by atoms with Crippen molar-refractivity contribution < 1.29 is 14.3 Å². The molecule has 0 saturated carbocycles. The first-order valence-corrected chi connectivity index (χ1v) is 9.11. The standard InChI is InChI=1S/C21H19N3O3/c25-20(10-8-14-7-9-18-19(12-14)27-13-26-18)24-11-3-6-17(24)21-22-15-4-1-2-5-16(15)23-21/h1-2,4-5,7-10,12,17H,3,6,11,13H2,(H,22,23)/b10-8+/t17-/m1/s1. The SMILES string of the molecule is O=C(/C=C/c1ccc2c(c1)OCO2)N1CCC[C@@H]1c1nc2ccccc2[nH]1. The van der Waals surface area contributed by atoms with Crippen molar-refractivity contribution >= 4 is 23.0 Å². The first kappa shape index (κ1) is 15.9. The van der Waals surface area contributed by atoms with Gasteiger partial charge in [-0.1, -0.05) is 18.2 Å². The molecule has 6 heteroatoms. The van der Waals surface area contributed by atoms with Gasteiger partial charge in [-0.3, -0.25) is 4.79 Å². The van der Waals surface area contributed by atoms with Crippen LogP contribution >= 0.6 is 0 Å². The fourth-order valence-corrected chi connectivity index (χ4v) is 3.73. The van der Waals surface area contributed by atoms with Gasteiger partial charge < -0.3 is 19.4 Å². The predicted octanol–water partition coefficient (Wildman–Crippen LogP) is 3.67. The van der Waals surface area contributed by atoms with E-state index >= 15 is 0 Å². The predicted molar refractivity (Wildman–Crippen MR) is 101 cm³/mol. The quantitative estimate of drug-likeness (QED) is 0.723. The summed E-state index contributed by atoms with van der Waals surface area (Å²) in [6.07, 6.45) is 5.34. The van der Waals surface area contributed by atoms with Crippen molar-refractivity contribution in [1.29, 1.82) is 0 Å². The monoisotopic (exact) mass is 361 g/mol. The van der Waals surface area contributed by atoms with Crippen LogP contribution < -0.4 is 9.47 Å². The minimum Gasteiger partial charge on any atom is -0.454 e. The second kappa shape index (κ2) is 6.46. The molecule has 1 amide bonds. The minimum absolute atomic E-state index is 0.00405. The van der Waals surface area contributed by atoms with Crippen LogP contribution in [-0.2, 0) is 4.79 Å². The summed E-state index contributed by atoms with van der Waals surface area (Å²) < 4.78 is 10.7. The maximum atomic E-state index is 12.8. The number of carbonyl (C=O) groups is 1. The van der Waals surface area contributed by atoms with Crippen molar-refractivity contribution in [2.24, 2.45) is 0 Å². The molecule has 0 unspecified atom stereocenters. The van der Waals surface area contributed by atoms with E-state index in [2.05, 4.69) is 9.97 Å². The summed E-state index contributed by atoms with van der Waals surface area (Å²) in [4.78, 5) is 22.7. The third-order valence-electron chi connectivity index (χ3n) is 5.07. The third-order valence-corrected chi connectivity index (χ3v) is 5.07. The number of para-hydroxylation sites is 2. The molecule has 27 heavy (non-hydrogen) atoms. The van der Waals surface area contributed by atoms with E-state index < -0.39 is 0 Å². The van der Waals surface area contributed by atoms with Crippen molar-refractivity contribution in [2.45, 2.75) is 18.9 Å². The van der Waals surface area contributed by atoms with E-state index in [4.69, 9.17) is 9.47 Å². The summed E-state index contributed by atoms with van der Waals surface area (Å²) in [5.74, 6) is 2.31. The van der Waals surface area contributed by atoms with Gasteiger partial charge in [0, 0.05) is 12.6 Å². The number of amides is 1. The zero-order valence-corrected chi connectivity index (χ0v) is 14.7. The van der Waals surface area contributed by atoms with Crippen molar-refractivity contribution in [1.82, 2.24) is 14.9 Å². The topological polar surface area (TPSA) is 67.5 Å². The molecule has 0 bridgehead atoms. The molecule has 136 valence electrons. The van der Waals surface area contributed by atoms with Crippen LogP contribution in [0, 0.1) is 0 Å². The number of benzene rings is 2. The lowest BCUT2D eigenvalue weighted by atomic mass is 10.1. The second-order valence-corrected chi connectivity index (χ2v) is 6.77. The van der Waals surface area contributed by atoms with E-state index in [-0.39, 0.29) is 18.7 Å². The van der Waals surface area contributed by atoms with Gasteiger partial charge >= 0.3 is 0 Å². The lowest BCUT2D eigenvalue weighted by Gasteiger charge is -2.21. The highest BCUT2D eigenvalue weighted by molar-refractivity contribution is 5.92. The molecular formula is C21H19N3O3. The van der Waals surface area contributed by atoms with Crippen LogP contribution in [0.3, 0.4) is 0 Å². The largest absolute Gasteiger partial charge is 0.454 e. The van der Waals surface area contributed by atoms with Gasteiger partial charge in [0.2, 0.25) is 12.7 Å². The molecule has 1 aromatic heterocycles. The summed E-state index contributed by atoms with van der Waals surface area (Å²) >= 11 is 0. The van der Waals surface area contributed by atoms with E-state index in [1.165, 1.54) is 0 Å². The number of H-pyrrole nitrogens is 1. The summed E-state index contributed by atoms with van der Waals surface area (Å²) in [6, 6.07) is 13.6. The Kier molecular flexibility index (Phi) is 3.81. The molecule has 1 atom stereocenters. The van der Waals surface area contributed by atoms with Crippen LogP contribution in [0.5, 0.6) is 11.5 Å². The number of aromatic nitrogens is 2. The molecule has 0 spiro atoms. The van der Waals surface area contributed by atoms with Gasteiger partial charge in [0.1, 0.15) is 5.82 Å². The number of carbonyl (C=O) groups excluding carboxylic acids is 1. The average molecular weight is 361 g/mol. The van der Waals surface area contributed by atoms with Crippen LogP contribution in [-0.4, -0.2) is 34.1 Å². The Labute approximate surface area is 156 Å². The summed E-state index contributed by atoms with van der Waals surface area (Å²) in [5.41, 5.74) is 2.84. The lowest BCUT2D eigenvalue weighted by Crippen LogP contribution is -2.29. The maximum Gasteiger partial charge on any atom is 0.247 e. The van der Waals surface area contributed by atoms with Crippen molar-refractivity contribution in [3.8, 4) is 11.5 Å². The highest BCUT2D eigenvalue weighted by atomic mass is 16.7. The maximum absolute atomic E-state index is 12.8. The number of imidazole rings is 1. The van der Waals surface area contributed by atoms with E-state index in [1.54, 1.807) is 6.08 Å². The van der Waals surface area contributed by atoms with Gasteiger partial charge in [-0.25, -0.2) is 4.98 Å². The van der Waals surface area contributed by atoms with Crippen LogP contribution in [0.4, 0.5) is 0 Å². The highest BCUT2D eigenvalue weighted by Gasteiger charge is 2.31. The molecule has 2 aromatic carbocycles. The number of nitrogens with zero attached hydrogens (tertiary/aromatic N) is 2. The van der Waals surface area contributed by atoms with Gasteiger partial charge in [0.15, 0.2) is 11.5 Å². The fraction of sp³-hybridized carbons (Fsp3) is 0.238. The molecule has 1 N–H and O–H groups in total. The van der Waals surface area contributed by atoms with Crippen LogP contribution in [0.15, 0.2) is 48.5 Å². The molecular weight excluding hydrogens is 342 g/mol. The molecule has 0 radical (unpaired) electrons. The highest BCUT2D eigenvalue weighted by Crippen LogP contribution is 2.34. The zero-order chi connectivity index (χ0) is 18.2. The Morgan fingerprint density at radius 1 is 1.19 bits per heavy atom. The average Bonchev–Trinajstić information content (AvgIpc) is 3.43. The Morgan fingerprint density at radius 2 is 2.07 bits per heavy atom. The molecule has 1 saturated heterocycles. The molecule has 0 aliphatic carbocycles. The normalized spacial score (nSPS) is 18.7. The third kappa shape index (κ3) is 2.93. The number of aromatic amines is 1. The summed E-state index contributed by atoms with van der Waals surface area (Å²) in [5, 5.41) is 0. The fourth-order valence-electron chi connectivity index (χ4n) is 3.73. The molecule has 5 rings (SSSR count). The van der Waals surface area contributed by atoms with Crippen molar-refractivity contribution in [2.75, 3.05) is 13.3 Å². The summed E-state index contributed by atoms with van der Waals surface area (Å²) in [7, 11) is 0. The van der Waals surface area contributed by atoms with Crippen molar-refractivity contribution in [3.05, 3.63) is 59.9 Å². The number of rotatable bonds is 3. The minimum atomic E-state index is -0.00805. The number of hydrogen-bond donors (Lipinski definition) is 1. The van der Waals surface area contributed by atoms with Crippen LogP contribution in [0.1, 0.15) is 30.3 Å². The first-order chi connectivity index (χ1) is 13.3. The molecule has 2 aliphatic rings. The van der Waals surface area contributed by atoms with E-state index in [1.807, 2.05) is 53.4 Å². The molecule has 3 heterocycles. The molecule has 2 aliphatic heterocycles. The first-order valence-electron chi connectivity index (χ1n) is 9.11. The van der Waals surface area contributed by atoms with Gasteiger partial charge in [-0.15, -0.1) is 0 Å². The van der Waals surface area contributed by atoms with E-state index in [0.717, 1.165) is 47.6 Å².